The lowest BCUT2D eigenvalue weighted by atomic mass is 10.2. The van der Waals surface area contributed by atoms with Crippen LogP contribution in [0.15, 0.2) is 4.99 Å². The van der Waals surface area contributed by atoms with Crippen molar-refractivity contribution in [1.82, 2.24) is 15.6 Å². The van der Waals surface area contributed by atoms with Gasteiger partial charge >= 0.3 is 0 Å². The van der Waals surface area contributed by atoms with Crippen molar-refractivity contribution in [2.24, 2.45) is 10.8 Å². The number of hydrogen-bond acceptors (Lipinski definition) is 3. The van der Waals surface area contributed by atoms with Crippen LogP contribution in [0.2, 0.25) is 0 Å². The van der Waals surface area contributed by atoms with Gasteiger partial charge in [0.2, 0.25) is 5.96 Å². The Morgan fingerprint density at radius 1 is 1.47 bits per heavy atom. The van der Waals surface area contributed by atoms with Crippen molar-refractivity contribution in [3.05, 3.63) is 0 Å². The minimum atomic E-state index is 0.605. The lowest BCUT2D eigenvalue weighted by Gasteiger charge is -2.22. The monoisotopic (exact) mass is 215 g/mol. The molecule has 90 valence electrons. The smallest absolute Gasteiger partial charge is 0.205 e. The largest absolute Gasteiger partial charge is 0.356 e. The predicted octanol–water partition coefficient (Wildman–Crippen LogP) is 0.146. The third-order valence-corrected chi connectivity index (χ3v) is 2.55. The Hall–Kier alpha value is -0.810. The van der Waals surface area contributed by atoms with E-state index in [2.05, 4.69) is 41.5 Å². The Bertz CT molecular complexity index is 181. The van der Waals surface area contributed by atoms with Crippen LogP contribution in [0.1, 0.15) is 27.2 Å². The normalized spacial score (nSPS) is 14.1. The number of hydrogen-bond donors (Lipinski definition) is 3. The average Bonchev–Trinajstić information content (AvgIpc) is 2.26. The van der Waals surface area contributed by atoms with Gasteiger partial charge in [-0.1, -0.05) is 6.92 Å². The highest BCUT2D eigenvalue weighted by atomic mass is 15.3. The fraction of sp³-hybridized carbons (Fsp3) is 0.900. The van der Waals surface area contributed by atoms with E-state index in [-0.39, 0.29) is 0 Å². The third kappa shape index (κ3) is 6.30. The highest BCUT2D eigenvalue weighted by molar-refractivity contribution is 5.79. The number of hydrazine groups is 1. The second kappa shape index (κ2) is 8.49. The summed E-state index contributed by atoms with van der Waals surface area (Å²) in [7, 11) is 2.12. The summed E-state index contributed by atoms with van der Waals surface area (Å²) in [6, 6.07) is 0.605. The minimum Gasteiger partial charge on any atom is -0.356 e. The summed E-state index contributed by atoms with van der Waals surface area (Å²) in [6.45, 7) is 8.95. The molecule has 5 heteroatoms. The molecule has 0 saturated heterocycles. The van der Waals surface area contributed by atoms with E-state index in [0.717, 1.165) is 26.1 Å². The second-order valence-corrected chi connectivity index (χ2v) is 3.64. The highest BCUT2D eigenvalue weighted by Gasteiger charge is 2.05. The van der Waals surface area contributed by atoms with E-state index in [0.29, 0.717) is 12.0 Å². The van der Waals surface area contributed by atoms with Gasteiger partial charge in [0, 0.05) is 19.1 Å². The number of nitrogens with one attached hydrogen (secondary N) is 2. The van der Waals surface area contributed by atoms with E-state index >= 15 is 0 Å². The van der Waals surface area contributed by atoms with E-state index in [9.17, 15) is 0 Å². The molecule has 0 aliphatic carbocycles. The Morgan fingerprint density at radius 3 is 2.60 bits per heavy atom. The fourth-order valence-corrected chi connectivity index (χ4v) is 1.17. The number of rotatable bonds is 6. The standard InChI is InChI=1S/C10H25N5/c1-5-9(3)15(4)8-7-13-10(14-11)12-6-2/h9H,5-8,11H2,1-4H3,(H2,12,13,14). The Labute approximate surface area is 93.1 Å². The van der Waals surface area contributed by atoms with Crippen LogP contribution >= 0.6 is 0 Å². The number of nitrogens with two attached hydrogens (primary N) is 1. The zero-order valence-electron chi connectivity index (χ0n) is 10.4. The van der Waals surface area contributed by atoms with Crippen molar-refractivity contribution >= 4 is 5.96 Å². The molecule has 1 atom stereocenters. The van der Waals surface area contributed by atoms with Gasteiger partial charge in [-0.25, -0.2) is 5.84 Å². The van der Waals surface area contributed by atoms with Gasteiger partial charge in [0.1, 0.15) is 0 Å². The lowest BCUT2D eigenvalue weighted by Crippen LogP contribution is -2.42. The molecule has 0 fully saturated rings. The Morgan fingerprint density at radius 2 is 2.13 bits per heavy atom. The summed E-state index contributed by atoms with van der Waals surface area (Å²) in [5.41, 5.74) is 2.54. The molecule has 1 unspecified atom stereocenters. The lowest BCUT2D eigenvalue weighted by molar-refractivity contribution is 0.259. The van der Waals surface area contributed by atoms with Crippen molar-refractivity contribution in [3.8, 4) is 0 Å². The molecule has 0 heterocycles. The summed E-state index contributed by atoms with van der Waals surface area (Å²) in [6.07, 6.45) is 1.16. The molecule has 0 aromatic carbocycles. The van der Waals surface area contributed by atoms with Crippen LogP contribution in [0.4, 0.5) is 0 Å². The van der Waals surface area contributed by atoms with Crippen LogP contribution in [-0.2, 0) is 0 Å². The molecule has 0 spiro atoms. The number of nitrogens with zero attached hydrogens (tertiary/aromatic N) is 2. The molecule has 0 aromatic heterocycles. The van der Waals surface area contributed by atoms with E-state index in [1.165, 1.54) is 0 Å². The van der Waals surface area contributed by atoms with Gasteiger partial charge in [0.15, 0.2) is 0 Å². The van der Waals surface area contributed by atoms with Crippen molar-refractivity contribution < 1.29 is 0 Å². The van der Waals surface area contributed by atoms with Crippen LogP contribution < -0.4 is 16.6 Å². The second-order valence-electron chi connectivity index (χ2n) is 3.64. The van der Waals surface area contributed by atoms with Gasteiger partial charge < -0.3 is 10.2 Å². The molecule has 4 N–H and O–H groups in total. The number of guanidine groups is 1. The molecular weight excluding hydrogens is 190 g/mol. The van der Waals surface area contributed by atoms with Crippen molar-refractivity contribution in [2.75, 3.05) is 26.7 Å². The Balaban J connectivity index is 3.83. The molecule has 0 aromatic rings. The molecule has 0 bridgehead atoms. The summed E-state index contributed by atoms with van der Waals surface area (Å²) >= 11 is 0. The first-order valence-electron chi connectivity index (χ1n) is 5.60. The molecule has 15 heavy (non-hydrogen) atoms. The summed E-state index contributed by atoms with van der Waals surface area (Å²) in [5, 5.41) is 3.04. The molecule has 0 aliphatic rings. The molecule has 0 rings (SSSR count). The van der Waals surface area contributed by atoms with Gasteiger partial charge in [-0.05, 0) is 27.3 Å². The van der Waals surface area contributed by atoms with Crippen LogP contribution in [-0.4, -0.2) is 43.6 Å². The van der Waals surface area contributed by atoms with Crippen LogP contribution in [0.5, 0.6) is 0 Å². The molecule has 5 nitrogen and oxygen atoms in total. The maximum Gasteiger partial charge on any atom is 0.205 e. The molecule has 0 aliphatic heterocycles. The van der Waals surface area contributed by atoms with Crippen molar-refractivity contribution in [2.45, 2.75) is 33.2 Å². The third-order valence-electron chi connectivity index (χ3n) is 2.55. The van der Waals surface area contributed by atoms with Gasteiger partial charge in [-0.2, -0.15) is 0 Å². The van der Waals surface area contributed by atoms with E-state index in [4.69, 9.17) is 5.84 Å². The van der Waals surface area contributed by atoms with Crippen molar-refractivity contribution in [3.63, 3.8) is 0 Å². The first kappa shape index (κ1) is 14.2. The topological polar surface area (TPSA) is 65.7 Å². The van der Waals surface area contributed by atoms with Crippen LogP contribution in [0, 0.1) is 0 Å². The van der Waals surface area contributed by atoms with Crippen molar-refractivity contribution in [1.29, 1.82) is 0 Å². The van der Waals surface area contributed by atoms with Gasteiger partial charge in [-0.3, -0.25) is 10.4 Å². The summed E-state index contributed by atoms with van der Waals surface area (Å²) in [4.78, 5) is 6.61. The average molecular weight is 215 g/mol. The molecule has 0 saturated carbocycles. The zero-order chi connectivity index (χ0) is 11.7. The van der Waals surface area contributed by atoms with Crippen LogP contribution in [0.3, 0.4) is 0 Å². The SMILES string of the molecule is CCNC(=NCCN(C)C(C)CC)NN. The first-order valence-corrected chi connectivity index (χ1v) is 5.60. The maximum atomic E-state index is 5.30. The van der Waals surface area contributed by atoms with E-state index in [1.54, 1.807) is 0 Å². The fourth-order valence-electron chi connectivity index (χ4n) is 1.17. The molecular formula is C10H25N5. The summed E-state index contributed by atoms with van der Waals surface area (Å²) < 4.78 is 0. The van der Waals surface area contributed by atoms with Gasteiger partial charge in [0.25, 0.3) is 0 Å². The Kier molecular flexibility index (Phi) is 8.04. The predicted molar refractivity (Wildman–Crippen MR) is 65.7 cm³/mol. The quantitative estimate of drug-likeness (QED) is 0.255. The van der Waals surface area contributed by atoms with Gasteiger partial charge in [0.05, 0.1) is 6.54 Å². The molecule has 0 amide bonds. The highest BCUT2D eigenvalue weighted by Crippen LogP contribution is 1.98. The van der Waals surface area contributed by atoms with Crippen LogP contribution in [0.25, 0.3) is 0 Å². The maximum absolute atomic E-state index is 5.30. The van der Waals surface area contributed by atoms with E-state index < -0.39 is 0 Å². The number of likely N-dealkylation sites (N-methyl/N-ethyl adjacent to an activating group) is 1. The van der Waals surface area contributed by atoms with E-state index in [1.807, 2.05) is 6.92 Å². The molecule has 0 radical (unpaired) electrons. The summed E-state index contributed by atoms with van der Waals surface area (Å²) in [5.74, 6) is 5.97. The minimum absolute atomic E-state index is 0.605. The number of aliphatic imine (C=N–C) groups is 1. The zero-order valence-corrected chi connectivity index (χ0v) is 10.4. The first-order chi connectivity index (χ1) is 7.15. The van der Waals surface area contributed by atoms with Gasteiger partial charge in [-0.15, -0.1) is 0 Å².